The van der Waals surface area contributed by atoms with Crippen LogP contribution in [-0.2, 0) is 6.54 Å². The fourth-order valence-electron chi connectivity index (χ4n) is 1.59. The van der Waals surface area contributed by atoms with E-state index in [9.17, 15) is 8.78 Å². The lowest BCUT2D eigenvalue weighted by atomic mass is 10.1. The zero-order valence-corrected chi connectivity index (χ0v) is 10.2. The molecule has 1 atom stereocenters. The van der Waals surface area contributed by atoms with Crippen molar-refractivity contribution in [2.45, 2.75) is 39.0 Å². The fraction of sp³-hybridized carbons (Fsp3) is 0.462. The second-order valence-electron chi connectivity index (χ2n) is 3.83. The second kappa shape index (κ2) is 7.62. The van der Waals surface area contributed by atoms with E-state index in [0.717, 1.165) is 6.42 Å². The SMILES string of the molecule is CCC(CC#N)NCc1ccccc1OC(F)F. The van der Waals surface area contributed by atoms with Gasteiger partial charge in [-0.05, 0) is 12.5 Å². The standard InChI is InChI=1S/C13H16F2N2O/c1-2-11(7-8-16)17-9-10-5-3-4-6-12(10)18-13(14)15/h3-6,11,13,17H,2,7,9H2,1H3. The summed E-state index contributed by atoms with van der Waals surface area (Å²) in [6, 6.07) is 8.80. The fourth-order valence-corrected chi connectivity index (χ4v) is 1.59. The average molecular weight is 254 g/mol. The van der Waals surface area contributed by atoms with E-state index < -0.39 is 6.61 Å². The Morgan fingerprint density at radius 1 is 1.39 bits per heavy atom. The van der Waals surface area contributed by atoms with Crippen LogP contribution in [0, 0.1) is 11.3 Å². The first-order valence-electron chi connectivity index (χ1n) is 5.80. The highest BCUT2D eigenvalue weighted by atomic mass is 19.3. The van der Waals surface area contributed by atoms with Crippen LogP contribution in [0.3, 0.4) is 0 Å². The van der Waals surface area contributed by atoms with Gasteiger partial charge in [0.1, 0.15) is 5.75 Å². The molecule has 0 aromatic heterocycles. The number of rotatable bonds is 7. The number of nitriles is 1. The predicted molar refractivity (Wildman–Crippen MR) is 64.2 cm³/mol. The van der Waals surface area contributed by atoms with Crippen molar-refractivity contribution in [3.8, 4) is 11.8 Å². The van der Waals surface area contributed by atoms with Crippen molar-refractivity contribution in [1.82, 2.24) is 5.32 Å². The van der Waals surface area contributed by atoms with E-state index in [1.165, 1.54) is 6.07 Å². The Hall–Kier alpha value is -1.67. The molecule has 98 valence electrons. The lowest BCUT2D eigenvalue weighted by Gasteiger charge is -2.15. The first kappa shape index (κ1) is 14.4. The Bertz CT molecular complexity index is 404. The summed E-state index contributed by atoms with van der Waals surface area (Å²) in [4.78, 5) is 0. The minimum absolute atomic E-state index is 0.0645. The van der Waals surface area contributed by atoms with E-state index in [2.05, 4.69) is 16.1 Å². The Labute approximate surface area is 105 Å². The van der Waals surface area contributed by atoms with Crippen molar-refractivity contribution in [2.75, 3.05) is 0 Å². The Morgan fingerprint density at radius 3 is 2.72 bits per heavy atom. The minimum Gasteiger partial charge on any atom is -0.434 e. The van der Waals surface area contributed by atoms with Gasteiger partial charge in [-0.3, -0.25) is 0 Å². The molecular formula is C13H16F2N2O. The Kier molecular flexibility index (Phi) is 6.09. The lowest BCUT2D eigenvalue weighted by Crippen LogP contribution is -2.27. The highest BCUT2D eigenvalue weighted by molar-refractivity contribution is 5.33. The largest absolute Gasteiger partial charge is 0.434 e. The van der Waals surface area contributed by atoms with Gasteiger partial charge in [0, 0.05) is 18.2 Å². The molecule has 0 aliphatic rings. The number of nitrogens with zero attached hydrogens (tertiary/aromatic N) is 1. The quantitative estimate of drug-likeness (QED) is 0.813. The molecule has 0 amide bonds. The first-order chi connectivity index (χ1) is 8.67. The predicted octanol–water partition coefficient (Wildman–Crippen LogP) is 3.07. The van der Waals surface area contributed by atoms with Gasteiger partial charge in [-0.25, -0.2) is 0 Å². The topological polar surface area (TPSA) is 45.0 Å². The third kappa shape index (κ3) is 4.68. The molecule has 1 aromatic rings. The third-order valence-corrected chi connectivity index (χ3v) is 2.60. The maximum absolute atomic E-state index is 12.2. The number of ether oxygens (including phenoxy) is 1. The van der Waals surface area contributed by atoms with Crippen molar-refractivity contribution >= 4 is 0 Å². The Morgan fingerprint density at radius 2 is 2.11 bits per heavy atom. The van der Waals surface area contributed by atoms with Crippen LogP contribution in [-0.4, -0.2) is 12.7 Å². The van der Waals surface area contributed by atoms with Gasteiger partial charge in [0.05, 0.1) is 12.5 Å². The van der Waals surface area contributed by atoms with Crippen LogP contribution in [0.2, 0.25) is 0 Å². The molecule has 1 rings (SSSR count). The van der Waals surface area contributed by atoms with Crippen LogP contribution < -0.4 is 10.1 Å². The number of benzene rings is 1. The summed E-state index contributed by atoms with van der Waals surface area (Å²) in [5, 5.41) is 11.8. The van der Waals surface area contributed by atoms with E-state index >= 15 is 0 Å². The van der Waals surface area contributed by atoms with E-state index in [-0.39, 0.29) is 11.8 Å². The molecule has 0 radical (unpaired) electrons. The molecule has 0 heterocycles. The number of nitrogens with one attached hydrogen (secondary N) is 1. The van der Waals surface area contributed by atoms with Crippen LogP contribution in [0.5, 0.6) is 5.75 Å². The van der Waals surface area contributed by atoms with Gasteiger partial charge < -0.3 is 10.1 Å². The smallest absolute Gasteiger partial charge is 0.387 e. The van der Waals surface area contributed by atoms with Crippen LogP contribution in [0.15, 0.2) is 24.3 Å². The number of halogens is 2. The van der Waals surface area contributed by atoms with Gasteiger partial charge >= 0.3 is 6.61 Å². The van der Waals surface area contributed by atoms with Crippen molar-refractivity contribution in [3.63, 3.8) is 0 Å². The maximum Gasteiger partial charge on any atom is 0.387 e. The van der Waals surface area contributed by atoms with Gasteiger partial charge in [-0.1, -0.05) is 25.1 Å². The van der Waals surface area contributed by atoms with Crippen molar-refractivity contribution in [2.24, 2.45) is 0 Å². The molecule has 0 aliphatic carbocycles. The number of alkyl halides is 2. The van der Waals surface area contributed by atoms with Crippen LogP contribution >= 0.6 is 0 Å². The molecule has 0 fully saturated rings. The minimum atomic E-state index is -2.83. The normalized spacial score (nSPS) is 12.2. The van der Waals surface area contributed by atoms with Gasteiger partial charge in [-0.15, -0.1) is 0 Å². The summed E-state index contributed by atoms with van der Waals surface area (Å²) in [7, 11) is 0. The average Bonchev–Trinajstić information content (AvgIpc) is 2.35. The van der Waals surface area contributed by atoms with Gasteiger partial charge in [0.25, 0.3) is 0 Å². The third-order valence-electron chi connectivity index (χ3n) is 2.60. The molecule has 5 heteroatoms. The van der Waals surface area contributed by atoms with Gasteiger partial charge in [-0.2, -0.15) is 14.0 Å². The number of hydrogen-bond donors (Lipinski definition) is 1. The number of para-hydroxylation sites is 1. The molecule has 0 bridgehead atoms. The summed E-state index contributed by atoms with van der Waals surface area (Å²) in [6.07, 6.45) is 1.21. The van der Waals surface area contributed by atoms with E-state index in [1.807, 2.05) is 6.92 Å². The van der Waals surface area contributed by atoms with Crippen molar-refractivity contribution in [1.29, 1.82) is 5.26 Å². The molecule has 3 nitrogen and oxygen atoms in total. The second-order valence-corrected chi connectivity index (χ2v) is 3.83. The molecule has 0 aliphatic heterocycles. The Balaban J connectivity index is 2.63. The van der Waals surface area contributed by atoms with E-state index in [4.69, 9.17) is 5.26 Å². The molecule has 18 heavy (non-hydrogen) atoms. The first-order valence-corrected chi connectivity index (χ1v) is 5.80. The van der Waals surface area contributed by atoms with Crippen molar-refractivity contribution < 1.29 is 13.5 Å². The summed E-state index contributed by atoms with van der Waals surface area (Å²) in [5.41, 5.74) is 0.661. The van der Waals surface area contributed by atoms with Gasteiger partial charge in [0.2, 0.25) is 0 Å². The molecule has 0 spiro atoms. The van der Waals surface area contributed by atoms with Gasteiger partial charge in [0.15, 0.2) is 0 Å². The lowest BCUT2D eigenvalue weighted by molar-refractivity contribution is -0.0505. The van der Waals surface area contributed by atoms with Crippen LogP contribution in [0.25, 0.3) is 0 Å². The summed E-state index contributed by atoms with van der Waals surface area (Å²) < 4.78 is 28.8. The molecule has 0 saturated heterocycles. The molecule has 1 unspecified atom stereocenters. The summed E-state index contributed by atoms with van der Waals surface area (Å²) in [5.74, 6) is 0.173. The summed E-state index contributed by atoms with van der Waals surface area (Å²) in [6.45, 7) is -0.452. The van der Waals surface area contributed by atoms with E-state index in [1.54, 1.807) is 18.2 Å². The van der Waals surface area contributed by atoms with Crippen LogP contribution in [0.4, 0.5) is 8.78 Å². The summed E-state index contributed by atoms with van der Waals surface area (Å²) >= 11 is 0. The van der Waals surface area contributed by atoms with Crippen LogP contribution in [0.1, 0.15) is 25.3 Å². The van der Waals surface area contributed by atoms with Crippen molar-refractivity contribution in [3.05, 3.63) is 29.8 Å². The molecule has 1 N–H and O–H groups in total. The maximum atomic E-state index is 12.2. The highest BCUT2D eigenvalue weighted by Gasteiger charge is 2.10. The molecule has 1 aromatic carbocycles. The zero-order valence-electron chi connectivity index (χ0n) is 10.2. The zero-order chi connectivity index (χ0) is 13.4. The molecular weight excluding hydrogens is 238 g/mol. The van der Waals surface area contributed by atoms with E-state index in [0.29, 0.717) is 18.5 Å². The molecule has 0 saturated carbocycles. The highest BCUT2D eigenvalue weighted by Crippen LogP contribution is 2.20. The monoisotopic (exact) mass is 254 g/mol. The number of hydrogen-bond acceptors (Lipinski definition) is 3.